The van der Waals surface area contributed by atoms with Crippen molar-refractivity contribution in [1.29, 1.82) is 0 Å². The predicted octanol–water partition coefficient (Wildman–Crippen LogP) is 3.69. The van der Waals surface area contributed by atoms with Crippen LogP contribution >= 0.6 is 24.0 Å². The molecule has 1 aliphatic heterocycles. The molecule has 0 aliphatic carbocycles. The van der Waals surface area contributed by atoms with Gasteiger partial charge < -0.3 is 10.6 Å². The van der Waals surface area contributed by atoms with E-state index in [1.165, 1.54) is 16.7 Å². The number of halogens is 1. The maximum absolute atomic E-state index is 4.39. The van der Waals surface area contributed by atoms with E-state index in [0.717, 1.165) is 57.1 Å². The first-order valence-electron chi connectivity index (χ1n) is 10.3. The molecule has 0 amide bonds. The molecular weight excluding hydrogens is 473 g/mol. The van der Waals surface area contributed by atoms with Crippen LogP contribution in [0.2, 0.25) is 0 Å². The predicted molar refractivity (Wildman–Crippen MR) is 132 cm³/mol. The van der Waals surface area contributed by atoms with Crippen molar-refractivity contribution in [2.24, 2.45) is 4.99 Å². The number of aliphatic imine (C=N–C) groups is 1. The fourth-order valence-corrected chi connectivity index (χ4v) is 3.62. The first-order chi connectivity index (χ1) is 13.6. The molecule has 1 aliphatic rings. The number of nitrogens with zero attached hydrogens (tertiary/aromatic N) is 3. The number of hydrogen-bond acceptors (Lipinski definition) is 3. The van der Waals surface area contributed by atoms with Gasteiger partial charge in [0, 0.05) is 51.2 Å². The number of aromatic nitrogens is 1. The van der Waals surface area contributed by atoms with Gasteiger partial charge in [0.05, 0.1) is 0 Å². The van der Waals surface area contributed by atoms with E-state index < -0.39 is 0 Å². The average Bonchev–Trinajstić information content (AvgIpc) is 2.71. The Labute approximate surface area is 192 Å². The molecule has 0 bridgehead atoms. The van der Waals surface area contributed by atoms with E-state index in [-0.39, 0.29) is 24.0 Å². The minimum absolute atomic E-state index is 0. The highest BCUT2D eigenvalue weighted by Crippen LogP contribution is 2.16. The van der Waals surface area contributed by atoms with Crippen LogP contribution in [0.5, 0.6) is 0 Å². The fraction of sp³-hybridized carbons (Fsp3) is 0.478. The Morgan fingerprint density at radius 2 is 1.90 bits per heavy atom. The van der Waals surface area contributed by atoms with Crippen molar-refractivity contribution in [1.82, 2.24) is 20.5 Å². The van der Waals surface area contributed by atoms with E-state index in [9.17, 15) is 0 Å². The van der Waals surface area contributed by atoms with Crippen LogP contribution in [-0.2, 0) is 13.0 Å². The molecule has 0 atom stereocenters. The summed E-state index contributed by atoms with van der Waals surface area (Å²) >= 11 is 0. The van der Waals surface area contributed by atoms with Gasteiger partial charge in [-0.3, -0.25) is 14.9 Å². The number of guanidine groups is 1. The highest BCUT2D eigenvalue weighted by Gasteiger charge is 2.20. The molecule has 0 spiro atoms. The van der Waals surface area contributed by atoms with Gasteiger partial charge in [-0.2, -0.15) is 0 Å². The SMILES string of the molecule is CN=C(NCCc1ccc(C)nc1)NC1CCN(Cc2ccccc2C)CC1.I. The summed E-state index contributed by atoms with van der Waals surface area (Å²) in [5.74, 6) is 0.900. The molecule has 1 aromatic heterocycles. The Hall–Kier alpha value is -1.67. The lowest BCUT2D eigenvalue weighted by Crippen LogP contribution is -2.48. The van der Waals surface area contributed by atoms with Crippen molar-refractivity contribution >= 4 is 29.9 Å². The Morgan fingerprint density at radius 3 is 2.55 bits per heavy atom. The summed E-state index contributed by atoms with van der Waals surface area (Å²) in [7, 11) is 1.84. The van der Waals surface area contributed by atoms with E-state index in [4.69, 9.17) is 0 Å². The first-order valence-corrected chi connectivity index (χ1v) is 10.3. The van der Waals surface area contributed by atoms with E-state index in [1.807, 2.05) is 20.2 Å². The zero-order chi connectivity index (χ0) is 19.8. The van der Waals surface area contributed by atoms with Crippen molar-refractivity contribution in [3.8, 4) is 0 Å². The fourth-order valence-electron chi connectivity index (χ4n) is 3.62. The Balaban J connectivity index is 0.00000300. The number of likely N-dealkylation sites (tertiary alicyclic amines) is 1. The van der Waals surface area contributed by atoms with E-state index >= 15 is 0 Å². The maximum Gasteiger partial charge on any atom is 0.191 e. The Kier molecular flexibility index (Phi) is 9.87. The normalized spacial score (nSPS) is 15.6. The molecule has 2 aromatic rings. The average molecular weight is 507 g/mol. The molecule has 6 heteroatoms. The molecule has 158 valence electrons. The van der Waals surface area contributed by atoms with Gasteiger partial charge in [-0.25, -0.2) is 0 Å². The topological polar surface area (TPSA) is 52.6 Å². The number of piperidine rings is 1. The smallest absolute Gasteiger partial charge is 0.191 e. The van der Waals surface area contributed by atoms with Crippen LogP contribution in [0.25, 0.3) is 0 Å². The van der Waals surface area contributed by atoms with Gasteiger partial charge in [0.15, 0.2) is 5.96 Å². The second kappa shape index (κ2) is 12.1. The molecule has 3 rings (SSSR count). The molecule has 2 N–H and O–H groups in total. The van der Waals surface area contributed by atoms with E-state index in [2.05, 4.69) is 68.8 Å². The largest absolute Gasteiger partial charge is 0.356 e. The minimum atomic E-state index is 0. The molecule has 1 fully saturated rings. The van der Waals surface area contributed by atoms with Crippen LogP contribution < -0.4 is 10.6 Å². The van der Waals surface area contributed by atoms with Crippen molar-refractivity contribution in [2.45, 2.75) is 45.7 Å². The number of nitrogens with one attached hydrogen (secondary N) is 2. The number of aryl methyl sites for hydroxylation is 2. The molecular formula is C23H34IN5. The van der Waals surface area contributed by atoms with Crippen LogP contribution in [0.1, 0.15) is 35.2 Å². The Morgan fingerprint density at radius 1 is 1.14 bits per heavy atom. The summed E-state index contributed by atoms with van der Waals surface area (Å²) in [5.41, 5.74) is 5.13. The van der Waals surface area contributed by atoms with Crippen LogP contribution in [0.4, 0.5) is 0 Å². The standard InChI is InChI=1S/C23H33N5.HI/c1-18-6-4-5-7-21(18)17-28-14-11-22(12-15-28)27-23(24-3)25-13-10-20-9-8-19(2)26-16-20;/h4-9,16,22H,10-15,17H2,1-3H3,(H2,24,25,27);1H. The van der Waals surface area contributed by atoms with Crippen molar-refractivity contribution in [3.63, 3.8) is 0 Å². The lowest BCUT2D eigenvalue weighted by molar-refractivity contribution is 0.198. The van der Waals surface area contributed by atoms with Gasteiger partial charge in [-0.15, -0.1) is 24.0 Å². The molecule has 5 nitrogen and oxygen atoms in total. The van der Waals surface area contributed by atoms with E-state index in [0.29, 0.717) is 6.04 Å². The molecule has 0 saturated carbocycles. The van der Waals surface area contributed by atoms with Crippen LogP contribution in [0.15, 0.2) is 47.6 Å². The van der Waals surface area contributed by atoms with Gasteiger partial charge >= 0.3 is 0 Å². The number of rotatable bonds is 6. The second-order valence-electron chi connectivity index (χ2n) is 7.68. The third-order valence-corrected chi connectivity index (χ3v) is 5.49. The quantitative estimate of drug-likeness (QED) is 0.356. The number of hydrogen-bond donors (Lipinski definition) is 2. The Bertz CT molecular complexity index is 767. The second-order valence-corrected chi connectivity index (χ2v) is 7.68. The number of benzene rings is 1. The third kappa shape index (κ3) is 7.59. The number of pyridine rings is 1. The van der Waals surface area contributed by atoms with Gasteiger partial charge in [0.1, 0.15) is 0 Å². The lowest BCUT2D eigenvalue weighted by atomic mass is 10.0. The highest BCUT2D eigenvalue weighted by atomic mass is 127. The van der Waals surface area contributed by atoms with Gasteiger partial charge in [0.2, 0.25) is 0 Å². The molecule has 29 heavy (non-hydrogen) atoms. The first kappa shape index (κ1) is 23.6. The molecule has 1 aromatic carbocycles. The van der Waals surface area contributed by atoms with Crippen LogP contribution in [-0.4, -0.2) is 48.6 Å². The van der Waals surface area contributed by atoms with Gasteiger partial charge in [0.25, 0.3) is 0 Å². The van der Waals surface area contributed by atoms with Crippen molar-refractivity contribution < 1.29 is 0 Å². The zero-order valence-corrected chi connectivity index (χ0v) is 20.1. The van der Waals surface area contributed by atoms with E-state index in [1.54, 1.807) is 0 Å². The minimum Gasteiger partial charge on any atom is -0.356 e. The van der Waals surface area contributed by atoms with Crippen molar-refractivity contribution in [3.05, 3.63) is 65.0 Å². The zero-order valence-electron chi connectivity index (χ0n) is 17.8. The summed E-state index contributed by atoms with van der Waals surface area (Å²) in [6.45, 7) is 8.37. The lowest BCUT2D eigenvalue weighted by Gasteiger charge is -2.33. The summed E-state index contributed by atoms with van der Waals surface area (Å²) < 4.78 is 0. The van der Waals surface area contributed by atoms with Gasteiger partial charge in [-0.1, -0.05) is 30.3 Å². The summed E-state index contributed by atoms with van der Waals surface area (Å²) in [4.78, 5) is 11.3. The monoisotopic (exact) mass is 507 g/mol. The summed E-state index contributed by atoms with van der Waals surface area (Å²) in [6.07, 6.45) is 5.20. The van der Waals surface area contributed by atoms with Crippen molar-refractivity contribution in [2.75, 3.05) is 26.7 Å². The molecule has 0 unspecified atom stereocenters. The summed E-state index contributed by atoms with van der Waals surface area (Å²) in [6, 6.07) is 13.4. The highest BCUT2D eigenvalue weighted by molar-refractivity contribution is 14.0. The summed E-state index contributed by atoms with van der Waals surface area (Å²) in [5, 5.41) is 7.03. The third-order valence-electron chi connectivity index (χ3n) is 5.49. The van der Waals surface area contributed by atoms with Crippen LogP contribution in [0.3, 0.4) is 0 Å². The molecule has 2 heterocycles. The van der Waals surface area contributed by atoms with Crippen LogP contribution in [0, 0.1) is 13.8 Å². The molecule has 1 saturated heterocycles. The van der Waals surface area contributed by atoms with Gasteiger partial charge in [-0.05, 0) is 55.9 Å². The molecule has 0 radical (unpaired) electrons. The maximum atomic E-state index is 4.39.